The molecule has 0 aliphatic carbocycles. The van der Waals surface area contributed by atoms with E-state index in [0.29, 0.717) is 13.0 Å². The van der Waals surface area contributed by atoms with Gasteiger partial charge in [-0.25, -0.2) is 15.0 Å². The Morgan fingerprint density at radius 1 is 0.829 bits per heavy atom. The van der Waals surface area contributed by atoms with Gasteiger partial charge >= 0.3 is 12.2 Å². The Kier molecular flexibility index (Phi) is 10.5. The fourth-order valence-electron chi connectivity index (χ4n) is 2.92. The standard InChI is InChI=1S/C25H32N4O6/c1-25(2,3)35-23(32)27-20(16-19-12-8-5-9-13-19)22(31)28-29-24(33)34-17-21(30)26-15-14-18-10-6-4-7-11-18/h4-13,20H,14-17H2,1-3H3,(H,26,30)(H,27,32)(H,28,31)(H,29,33)/t20-/m1/s1. The molecule has 0 saturated carbocycles. The lowest BCUT2D eigenvalue weighted by Crippen LogP contribution is -2.54. The molecule has 0 radical (unpaired) electrons. The SMILES string of the molecule is CC(C)(C)OC(=O)N[C@H](Cc1ccccc1)C(=O)NNC(=O)OCC(=O)NCCc1ccccc1. The monoisotopic (exact) mass is 484 g/mol. The van der Waals surface area contributed by atoms with Crippen LogP contribution in [0, 0.1) is 0 Å². The first-order chi connectivity index (χ1) is 16.6. The van der Waals surface area contributed by atoms with Crippen LogP contribution in [0.5, 0.6) is 0 Å². The van der Waals surface area contributed by atoms with E-state index in [0.717, 1.165) is 11.1 Å². The number of hydrazine groups is 1. The minimum absolute atomic E-state index is 0.159. The topological polar surface area (TPSA) is 135 Å². The Morgan fingerprint density at radius 3 is 2.03 bits per heavy atom. The predicted molar refractivity (Wildman–Crippen MR) is 129 cm³/mol. The summed E-state index contributed by atoms with van der Waals surface area (Å²) in [5.41, 5.74) is 5.38. The average molecular weight is 485 g/mol. The normalized spacial score (nSPS) is 11.5. The Hall–Kier alpha value is -4.08. The van der Waals surface area contributed by atoms with Gasteiger partial charge in [0.1, 0.15) is 11.6 Å². The summed E-state index contributed by atoms with van der Waals surface area (Å²) in [4.78, 5) is 48.6. The van der Waals surface area contributed by atoms with Crippen molar-refractivity contribution in [2.45, 2.75) is 45.3 Å². The molecule has 0 heterocycles. The van der Waals surface area contributed by atoms with E-state index in [-0.39, 0.29) is 6.42 Å². The molecule has 188 valence electrons. The molecule has 10 heteroatoms. The summed E-state index contributed by atoms with van der Waals surface area (Å²) in [7, 11) is 0. The number of ether oxygens (including phenoxy) is 2. The lowest BCUT2D eigenvalue weighted by molar-refractivity contribution is -0.124. The lowest BCUT2D eigenvalue weighted by atomic mass is 10.1. The van der Waals surface area contributed by atoms with Crippen molar-refractivity contribution in [1.29, 1.82) is 0 Å². The summed E-state index contributed by atoms with van der Waals surface area (Å²) in [6.07, 6.45) is -0.995. The molecular weight excluding hydrogens is 452 g/mol. The van der Waals surface area contributed by atoms with Crippen LogP contribution >= 0.6 is 0 Å². The highest BCUT2D eigenvalue weighted by molar-refractivity contribution is 5.87. The smallest absolute Gasteiger partial charge is 0.426 e. The molecule has 0 fully saturated rings. The summed E-state index contributed by atoms with van der Waals surface area (Å²) in [6.45, 7) is 4.98. The van der Waals surface area contributed by atoms with Crippen LogP contribution < -0.4 is 21.5 Å². The van der Waals surface area contributed by atoms with Crippen molar-refractivity contribution in [2.75, 3.05) is 13.2 Å². The zero-order chi connectivity index (χ0) is 25.7. The number of rotatable bonds is 9. The Balaban J connectivity index is 1.78. The minimum atomic E-state index is -1.03. The van der Waals surface area contributed by atoms with Crippen LogP contribution in [0.4, 0.5) is 9.59 Å². The Morgan fingerprint density at radius 2 is 1.43 bits per heavy atom. The highest BCUT2D eigenvalue weighted by Gasteiger charge is 2.25. The molecule has 0 aliphatic heterocycles. The van der Waals surface area contributed by atoms with Crippen molar-refractivity contribution in [3.05, 3.63) is 71.8 Å². The van der Waals surface area contributed by atoms with Crippen LogP contribution in [0.2, 0.25) is 0 Å². The predicted octanol–water partition coefficient (Wildman–Crippen LogP) is 2.24. The van der Waals surface area contributed by atoms with Crippen LogP contribution in [-0.2, 0) is 31.9 Å². The zero-order valence-corrected chi connectivity index (χ0v) is 20.1. The van der Waals surface area contributed by atoms with E-state index in [1.54, 1.807) is 45.0 Å². The van der Waals surface area contributed by atoms with Crippen molar-refractivity contribution in [3.63, 3.8) is 0 Å². The summed E-state index contributed by atoms with van der Waals surface area (Å²) in [5.74, 6) is -1.17. The first-order valence-corrected chi connectivity index (χ1v) is 11.2. The summed E-state index contributed by atoms with van der Waals surface area (Å²) in [6, 6.07) is 17.6. The second kappa shape index (κ2) is 13.6. The van der Waals surface area contributed by atoms with Gasteiger partial charge in [-0.1, -0.05) is 60.7 Å². The lowest BCUT2D eigenvalue weighted by Gasteiger charge is -2.23. The molecule has 0 saturated heterocycles. The molecule has 0 bridgehead atoms. The number of hydrogen-bond donors (Lipinski definition) is 4. The van der Waals surface area contributed by atoms with E-state index in [4.69, 9.17) is 9.47 Å². The summed E-state index contributed by atoms with van der Waals surface area (Å²) >= 11 is 0. The number of alkyl carbamates (subject to hydrolysis) is 1. The molecule has 0 spiro atoms. The van der Waals surface area contributed by atoms with E-state index < -0.39 is 42.3 Å². The number of carbonyl (C=O) groups excluding carboxylic acids is 4. The van der Waals surface area contributed by atoms with Crippen LogP contribution in [0.3, 0.4) is 0 Å². The van der Waals surface area contributed by atoms with Gasteiger partial charge in [-0.15, -0.1) is 0 Å². The third-order valence-electron chi connectivity index (χ3n) is 4.49. The fraction of sp³-hybridized carbons (Fsp3) is 0.360. The van der Waals surface area contributed by atoms with Gasteiger partial charge in [-0.3, -0.25) is 15.0 Å². The van der Waals surface area contributed by atoms with Gasteiger partial charge in [0.05, 0.1) is 0 Å². The summed E-state index contributed by atoms with van der Waals surface area (Å²) in [5, 5.41) is 5.15. The second-order valence-corrected chi connectivity index (χ2v) is 8.66. The number of benzene rings is 2. The van der Waals surface area contributed by atoms with Crippen molar-refractivity contribution >= 4 is 24.0 Å². The molecule has 2 aromatic carbocycles. The Labute approximate surface area is 204 Å². The Bertz CT molecular complexity index is 976. The quantitative estimate of drug-likeness (QED) is 0.403. The van der Waals surface area contributed by atoms with Crippen molar-refractivity contribution in [1.82, 2.24) is 21.5 Å². The number of amides is 4. The average Bonchev–Trinajstić information content (AvgIpc) is 2.81. The molecule has 4 amide bonds. The number of nitrogens with one attached hydrogen (secondary N) is 4. The van der Waals surface area contributed by atoms with E-state index in [2.05, 4.69) is 21.5 Å². The van der Waals surface area contributed by atoms with Gasteiger partial charge in [-0.05, 0) is 38.3 Å². The third kappa shape index (κ3) is 11.6. The number of carbonyl (C=O) groups is 4. The third-order valence-corrected chi connectivity index (χ3v) is 4.49. The molecule has 1 atom stereocenters. The molecular formula is C25H32N4O6. The highest BCUT2D eigenvalue weighted by atomic mass is 16.6. The maximum atomic E-state index is 12.6. The fourth-order valence-corrected chi connectivity index (χ4v) is 2.92. The first-order valence-electron chi connectivity index (χ1n) is 11.2. The molecule has 35 heavy (non-hydrogen) atoms. The summed E-state index contributed by atoms with van der Waals surface area (Å²) < 4.78 is 10.0. The van der Waals surface area contributed by atoms with Gasteiger partial charge in [0.2, 0.25) is 0 Å². The van der Waals surface area contributed by atoms with Crippen LogP contribution in [0.25, 0.3) is 0 Å². The molecule has 0 aliphatic rings. The first kappa shape index (κ1) is 27.2. The van der Waals surface area contributed by atoms with Gasteiger partial charge in [0, 0.05) is 13.0 Å². The van der Waals surface area contributed by atoms with Gasteiger partial charge in [0.15, 0.2) is 6.61 Å². The van der Waals surface area contributed by atoms with E-state index in [1.807, 2.05) is 36.4 Å². The molecule has 0 aromatic heterocycles. The molecule has 10 nitrogen and oxygen atoms in total. The van der Waals surface area contributed by atoms with E-state index in [1.165, 1.54) is 0 Å². The van der Waals surface area contributed by atoms with Gasteiger partial charge in [-0.2, -0.15) is 0 Å². The van der Waals surface area contributed by atoms with Gasteiger partial charge < -0.3 is 20.1 Å². The van der Waals surface area contributed by atoms with Crippen LogP contribution in [0.15, 0.2) is 60.7 Å². The molecule has 2 rings (SSSR count). The van der Waals surface area contributed by atoms with Crippen molar-refractivity contribution in [2.24, 2.45) is 0 Å². The van der Waals surface area contributed by atoms with Crippen molar-refractivity contribution in [3.8, 4) is 0 Å². The van der Waals surface area contributed by atoms with Gasteiger partial charge in [0.25, 0.3) is 11.8 Å². The second-order valence-electron chi connectivity index (χ2n) is 8.66. The van der Waals surface area contributed by atoms with E-state index >= 15 is 0 Å². The largest absolute Gasteiger partial charge is 0.444 e. The van der Waals surface area contributed by atoms with E-state index in [9.17, 15) is 19.2 Å². The maximum absolute atomic E-state index is 12.6. The zero-order valence-electron chi connectivity index (χ0n) is 20.1. The molecule has 4 N–H and O–H groups in total. The van der Waals surface area contributed by atoms with Crippen LogP contribution in [0.1, 0.15) is 31.9 Å². The molecule has 2 aromatic rings. The van der Waals surface area contributed by atoms with Crippen molar-refractivity contribution < 1.29 is 28.7 Å². The van der Waals surface area contributed by atoms with Crippen LogP contribution in [-0.4, -0.2) is 48.8 Å². The minimum Gasteiger partial charge on any atom is -0.444 e. The number of hydrogen-bond acceptors (Lipinski definition) is 6. The highest BCUT2D eigenvalue weighted by Crippen LogP contribution is 2.08. The molecule has 0 unspecified atom stereocenters. The maximum Gasteiger partial charge on any atom is 0.426 e.